The molecule has 0 bridgehead atoms. The smallest absolute Gasteiger partial charge is 0.256 e. The number of benzene rings is 1. The molecule has 136 valence electrons. The van der Waals surface area contributed by atoms with E-state index >= 15 is 0 Å². The van der Waals surface area contributed by atoms with Crippen LogP contribution in [0.4, 0.5) is 5.82 Å². The van der Waals surface area contributed by atoms with Gasteiger partial charge >= 0.3 is 0 Å². The Hall–Kier alpha value is -2.93. The fraction of sp³-hybridized carbons (Fsp3) is 0.316. The zero-order valence-corrected chi connectivity index (χ0v) is 15.6. The van der Waals surface area contributed by atoms with Gasteiger partial charge in [-0.15, -0.1) is 0 Å². The van der Waals surface area contributed by atoms with Crippen LogP contribution in [-0.4, -0.2) is 44.9 Å². The molecule has 0 saturated heterocycles. The summed E-state index contributed by atoms with van der Waals surface area (Å²) in [5, 5.41) is 14.3. The fourth-order valence-corrected chi connectivity index (χ4v) is 2.81. The number of nitrogens with zero attached hydrogens (tertiary/aromatic N) is 4. The van der Waals surface area contributed by atoms with Crippen LogP contribution >= 0.6 is 0 Å². The van der Waals surface area contributed by atoms with Crippen molar-refractivity contribution in [2.24, 2.45) is 0 Å². The Kier molecular flexibility index (Phi) is 5.18. The molecule has 1 amide bonds. The molecule has 0 radical (unpaired) electrons. The minimum absolute atomic E-state index is 0.175. The van der Waals surface area contributed by atoms with E-state index in [0.29, 0.717) is 17.9 Å². The standard InChI is InChI=1S/C19H24N6O/c1-13-9-14(2)25(23-13)11-15-5-7-16(8-6-15)19(26)20-18-10-17(21-22-18)12-24(3)4/h5-10H,11-12H2,1-4H3,(H2,20,21,22,26). The molecule has 7 nitrogen and oxygen atoms in total. The van der Waals surface area contributed by atoms with Crippen molar-refractivity contribution in [2.45, 2.75) is 26.9 Å². The second kappa shape index (κ2) is 7.53. The van der Waals surface area contributed by atoms with Crippen molar-refractivity contribution in [3.05, 3.63) is 64.6 Å². The minimum atomic E-state index is -0.175. The van der Waals surface area contributed by atoms with Crippen LogP contribution in [0.5, 0.6) is 0 Å². The summed E-state index contributed by atoms with van der Waals surface area (Å²) in [6.45, 7) is 5.45. The molecular formula is C19H24N6O. The molecule has 0 aliphatic rings. The lowest BCUT2D eigenvalue weighted by molar-refractivity contribution is 0.102. The highest BCUT2D eigenvalue weighted by atomic mass is 16.1. The summed E-state index contributed by atoms with van der Waals surface area (Å²) in [6.07, 6.45) is 0. The van der Waals surface area contributed by atoms with Crippen molar-refractivity contribution in [3.63, 3.8) is 0 Å². The summed E-state index contributed by atoms with van der Waals surface area (Å²) in [6, 6.07) is 11.4. The summed E-state index contributed by atoms with van der Waals surface area (Å²) in [4.78, 5) is 14.4. The van der Waals surface area contributed by atoms with Crippen LogP contribution in [0.15, 0.2) is 36.4 Å². The number of carbonyl (C=O) groups excluding carboxylic acids is 1. The number of H-pyrrole nitrogens is 1. The summed E-state index contributed by atoms with van der Waals surface area (Å²) < 4.78 is 1.96. The van der Waals surface area contributed by atoms with E-state index in [1.54, 1.807) is 0 Å². The topological polar surface area (TPSA) is 78.8 Å². The SMILES string of the molecule is Cc1cc(C)n(Cc2ccc(C(=O)Nc3cc(CN(C)C)[nH]n3)cc2)n1. The van der Waals surface area contributed by atoms with Crippen molar-refractivity contribution in [2.75, 3.05) is 19.4 Å². The molecule has 2 aromatic heterocycles. The molecule has 2 N–H and O–H groups in total. The van der Waals surface area contributed by atoms with E-state index < -0.39 is 0 Å². The molecule has 0 aliphatic heterocycles. The van der Waals surface area contributed by atoms with Crippen molar-refractivity contribution < 1.29 is 4.79 Å². The van der Waals surface area contributed by atoms with Gasteiger partial charge in [0.05, 0.1) is 17.9 Å². The number of aryl methyl sites for hydroxylation is 2. The highest BCUT2D eigenvalue weighted by Gasteiger charge is 2.10. The van der Waals surface area contributed by atoms with Gasteiger partial charge < -0.3 is 10.2 Å². The lowest BCUT2D eigenvalue weighted by Gasteiger charge is -2.06. The quantitative estimate of drug-likeness (QED) is 0.715. The summed E-state index contributed by atoms with van der Waals surface area (Å²) >= 11 is 0. The molecule has 2 heterocycles. The Bertz CT molecular complexity index is 891. The van der Waals surface area contributed by atoms with E-state index in [2.05, 4.69) is 26.7 Å². The van der Waals surface area contributed by atoms with E-state index in [1.807, 2.05) is 67.9 Å². The van der Waals surface area contributed by atoms with E-state index in [0.717, 1.165) is 29.2 Å². The van der Waals surface area contributed by atoms with Crippen LogP contribution in [0.3, 0.4) is 0 Å². The molecule has 0 unspecified atom stereocenters. The molecule has 0 fully saturated rings. The van der Waals surface area contributed by atoms with Crippen LogP contribution in [0, 0.1) is 13.8 Å². The van der Waals surface area contributed by atoms with Gasteiger partial charge in [0.1, 0.15) is 0 Å². The molecule has 0 saturated carbocycles. The average Bonchev–Trinajstić information content (AvgIpc) is 3.13. The van der Waals surface area contributed by atoms with Crippen molar-refractivity contribution in [3.8, 4) is 0 Å². The number of anilines is 1. The zero-order valence-electron chi connectivity index (χ0n) is 15.6. The summed E-state index contributed by atoms with van der Waals surface area (Å²) in [5.74, 6) is 0.351. The number of carbonyl (C=O) groups is 1. The highest BCUT2D eigenvalue weighted by molar-refractivity contribution is 6.03. The molecule has 1 aromatic carbocycles. The third-order valence-corrected chi connectivity index (χ3v) is 4.01. The zero-order chi connectivity index (χ0) is 18.7. The van der Waals surface area contributed by atoms with Gasteiger partial charge in [-0.1, -0.05) is 12.1 Å². The molecule has 0 aliphatic carbocycles. The Balaban J connectivity index is 1.63. The normalized spacial score (nSPS) is 11.1. The molecule has 7 heteroatoms. The van der Waals surface area contributed by atoms with Gasteiger partial charge in [0.2, 0.25) is 0 Å². The van der Waals surface area contributed by atoms with Crippen LogP contribution in [0.25, 0.3) is 0 Å². The van der Waals surface area contributed by atoms with E-state index in [1.165, 1.54) is 0 Å². The molecular weight excluding hydrogens is 328 g/mol. The number of aromatic amines is 1. The predicted octanol–water partition coefficient (Wildman–Crippen LogP) is 2.59. The lowest BCUT2D eigenvalue weighted by Crippen LogP contribution is -2.12. The average molecular weight is 352 g/mol. The number of hydrogen-bond donors (Lipinski definition) is 2. The van der Waals surface area contributed by atoms with E-state index in [9.17, 15) is 4.79 Å². The first-order chi connectivity index (χ1) is 12.4. The third-order valence-electron chi connectivity index (χ3n) is 4.01. The summed E-state index contributed by atoms with van der Waals surface area (Å²) in [5.41, 5.74) is 4.77. The maximum absolute atomic E-state index is 12.4. The molecule has 26 heavy (non-hydrogen) atoms. The number of nitrogens with one attached hydrogen (secondary N) is 2. The first-order valence-electron chi connectivity index (χ1n) is 8.51. The van der Waals surface area contributed by atoms with Gasteiger partial charge in [0, 0.05) is 23.9 Å². The molecule has 3 rings (SSSR count). The van der Waals surface area contributed by atoms with Gasteiger partial charge in [-0.2, -0.15) is 10.2 Å². The van der Waals surface area contributed by atoms with Crippen molar-refractivity contribution in [1.82, 2.24) is 24.9 Å². The van der Waals surface area contributed by atoms with Crippen LogP contribution in [0.1, 0.15) is 33.0 Å². The second-order valence-corrected chi connectivity index (χ2v) is 6.75. The maximum Gasteiger partial charge on any atom is 0.256 e. The van der Waals surface area contributed by atoms with Gasteiger partial charge in [-0.3, -0.25) is 14.6 Å². The minimum Gasteiger partial charge on any atom is -0.305 e. The van der Waals surface area contributed by atoms with Crippen molar-refractivity contribution >= 4 is 11.7 Å². The third kappa shape index (κ3) is 4.37. The van der Waals surface area contributed by atoms with E-state index in [-0.39, 0.29) is 5.91 Å². The van der Waals surface area contributed by atoms with Crippen LogP contribution in [-0.2, 0) is 13.1 Å². The number of amides is 1. The van der Waals surface area contributed by atoms with Gasteiger partial charge in [-0.05, 0) is 51.7 Å². The van der Waals surface area contributed by atoms with Crippen LogP contribution < -0.4 is 5.32 Å². The summed E-state index contributed by atoms with van der Waals surface area (Å²) in [7, 11) is 3.96. The van der Waals surface area contributed by atoms with E-state index in [4.69, 9.17) is 0 Å². The highest BCUT2D eigenvalue weighted by Crippen LogP contribution is 2.12. The number of hydrogen-bond acceptors (Lipinski definition) is 4. The number of rotatable bonds is 6. The predicted molar refractivity (Wildman–Crippen MR) is 101 cm³/mol. The Morgan fingerprint density at radius 3 is 2.54 bits per heavy atom. The van der Waals surface area contributed by atoms with Gasteiger partial charge in [0.25, 0.3) is 5.91 Å². The first-order valence-corrected chi connectivity index (χ1v) is 8.51. The monoisotopic (exact) mass is 352 g/mol. The van der Waals surface area contributed by atoms with Crippen LogP contribution in [0.2, 0.25) is 0 Å². The Morgan fingerprint density at radius 2 is 1.92 bits per heavy atom. The maximum atomic E-state index is 12.4. The largest absolute Gasteiger partial charge is 0.305 e. The fourth-order valence-electron chi connectivity index (χ4n) is 2.81. The van der Waals surface area contributed by atoms with Gasteiger partial charge in [0.15, 0.2) is 5.82 Å². The Morgan fingerprint density at radius 1 is 1.19 bits per heavy atom. The van der Waals surface area contributed by atoms with Gasteiger partial charge in [-0.25, -0.2) is 0 Å². The second-order valence-electron chi connectivity index (χ2n) is 6.75. The number of aromatic nitrogens is 4. The molecule has 0 atom stereocenters. The first kappa shape index (κ1) is 17.9. The molecule has 3 aromatic rings. The lowest BCUT2D eigenvalue weighted by atomic mass is 10.1. The Labute approximate surface area is 153 Å². The van der Waals surface area contributed by atoms with Crippen molar-refractivity contribution in [1.29, 1.82) is 0 Å². The molecule has 0 spiro atoms.